The van der Waals surface area contributed by atoms with Gasteiger partial charge in [0.1, 0.15) is 0 Å². The van der Waals surface area contributed by atoms with Gasteiger partial charge in [-0.15, -0.1) is 0 Å². The van der Waals surface area contributed by atoms with Crippen LogP contribution in [0, 0.1) is 6.92 Å². The van der Waals surface area contributed by atoms with Crippen molar-refractivity contribution < 1.29 is 4.79 Å². The Hall–Kier alpha value is -2.87. The number of aryl methyl sites for hydroxylation is 1. The second kappa shape index (κ2) is 5.84. The Morgan fingerprint density at radius 1 is 0.923 bits per heavy atom. The van der Waals surface area contributed by atoms with Crippen LogP contribution in [0.1, 0.15) is 41.9 Å². The van der Waals surface area contributed by atoms with Crippen LogP contribution in [0.25, 0.3) is 10.8 Å². The largest absolute Gasteiger partial charge is 0.358 e. The van der Waals surface area contributed by atoms with Crippen molar-refractivity contribution >= 4 is 22.2 Å². The molecule has 0 radical (unpaired) electrons. The Morgan fingerprint density at radius 3 is 2.58 bits per heavy atom. The van der Waals surface area contributed by atoms with Crippen molar-refractivity contribution in [3.63, 3.8) is 0 Å². The summed E-state index contributed by atoms with van der Waals surface area (Å²) in [4.78, 5) is 12.9. The van der Waals surface area contributed by atoms with Crippen molar-refractivity contribution in [2.24, 2.45) is 0 Å². The molecule has 0 amide bonds. The number of carbonyl (C=O) groups excluding carboxylic acids is 1. The van der Waals surface area contributed by atoms with E-state index in [1.54, 1.807) is 0 Å². The second-order valence-electron chi connectivity index (χ2n) is 7.39. The molecule has 0 aromatic heterocycles. The molecule has 0 saturated heterocycles. The molecule has 1 atom stereocenters. The molecule has 0 spiro atoms. The van der Waals surface area contributed by atoms with Gasteiger partial charge in [-0.1, -0.05) is 66.2 Å². The van der Waals surface area contributed by atoms with E-state index in [-0.39, 0.29) is 5.92 Å². The van der Waals surface area contributed by atoms with E-state index in [9.17, 15) is 4.79 Å². The molecule has 3 aromatic carbocycles. The highest BCUT2D eigenvalue weighted by molar-refractivity contribution is 6.04. The molecular formula is C24H21NO. The Bertz CT molecular complexity index is 1060. The second-order valence-corrected chi connectivity index (χ2v) is 7.39. The van der Waals surface area contributed by atoms with Crippen molar-refractivity contribution in [3.05, 3.63) is 88.6 Å². The lowest BCUT2D eigenvalue weighted by atomic mass is 9.75. The fraction of sp³-hybridized carbons (Fsp3) is 0.208. The van der Waals surface area contributed by atoms with Crippen LogP contribution in [-0.2, 0) is 4.79 Å². The third kappa shape index (κ3) is 2.29. The summed E-state index contributed by atoms with van der Waals surface area (Å²) in [5.74, 6) is 0.322. The molecule has 26 heavy (non-hydrogen) atoms. The molecule has 2 aliphatic rings. The lowest BCUT2D eigenvalue weighted by Crippen LogP contribution is -2.27. The third-order valence-corrected chi connectivity index (χ3v) is 5.70. The highest BCUT2D eigenvalue weighted by Gasteiger charge is 2.35. The van der Waals surface area contributed by atoms with Crippen molar-refractivity contribution in [2.45, 2.75) is 32.1 Å². The predicted molar refractivity (Wildman–Crippen MR) is 106 cm³/mol. The molecule has 128 valence electrons. The molecule has 5 rings (SSSR count). The quantitative estimate of drug-likeness (QED) is 0.615. The number of hydrogen-bond donors (Lipinski definition) is 1. The van der Waals surface area contributed by atoms with E-state index in [1.807, 2.05) is 0 Å². The van der Waals surface area contributed by atoms with Crippen LogP contribution >= 0.6 is 0 Å². The summed E-state index contributed by atoms with van der Waals surface area (Å²) in [6, 6.07) is 21.5. The van der Waals surface area contributed by atoms with Gasteiger partial charge in [-0.3, -0.25) is 4.79 Å². The molecule has 0 saturated carbocycles. The summed E-state index contributed by atoms with van der Waals surface area (Å²) >= 11 is 0. The van der Waals surface area contributed by atoms with Gasteiger partial charge in [-0.25, -0.2) is 0 Å². The van der Waals surface area contributed by atoms with Crippen LogP contribution in [-0.4, -0.2) is 5.78 Å². The molecule has 1 N–H and O–H groups in total. The Kier molecular flexibility index (Phi) is 3.46. The van der Waals surface area contributed by atoms with E-state index in [2.05, 4.69) is 72.9 Å². The van der Waals surface area contributed by atoms with Crippen LogP contribution in [0.5, 0.6) is 0 Å². The number of rotatable bonds is 1. The molecule has 2 nitrogen and oxygen atoms in total. The lowest BCUT2D eigenvalue weighted by molar-refractivity contribution is -0.116. The van der Waals surface area contributed by atoms with E-state index in [0.29, 0.717) is 12.2 Å². The number of Topliss-reactive ketones (excluding diaryl/α,β-unsaturated/α-hetero) is 1. The Balaban J connectivity index is 1.80. The molecule has 0 fully saturated rings. The van der Waals surface area contributed by atoms with Crippen LogP contribution in [0.4, 0.5) is 5.69 Å². The molecule has 1 aliphatic carbocycles. The maximum absolute atomic E-state index is 12.9. The van der Waals surface area contributed by atoms with E-state index in [1.165, 1.54) is 33.2 Å². The van der Waals surface area contributed by atoms with E-state index >= 15 is 0 Å². The summed E-state index contributed by atoms with van der Waals surface area (Å²) in [6.07, 6.45) is 2.54. The van der Waals surface area contributed by atoms with Crippen LogP contribution in [0.2, 0.25) is 0 Å². The number of fused-ring (bicyclic) bond motifs is 3. The fourth-order valence-corrected chi connectivity index (χ4v) is 4.41. The summed E-state index contributed by atoms with van der Waals surface area (Å²) < 4.78 is 0. The summed E-state index contributed by atoms with van der Waals surface area (Å²) in [6.45, 7) is 2.10. The van der Waals surface area contributed by atoms with Crippen LogP contribution in [0.3, 0.4) is 0 Å². The highest BCUT2D eigenvalue weighted by Crippen LogP contribution is 2.47. The Morgan fingerprint density at radius 2 is 1.73 bits per heavy atom. The van der Waals surface area contributed by atoms with Gasteiger partial charge >= 0.3 is 0 Å². The number of allylic oxidation sites excluding steroid dienone is 2. The number of anilines is 1. The standard InChI is InChI=1S/C24H21NO/c1-15-9-11-17(12-10-15)22-19-14-13-16-5-2-3-6-18(16)24(19)25-20-7-4-8-21(26)23(20)22/h2-3,5-6,9-14,22,25H,4,7-8H2,1H3/t22-/m0/s1. The van der Waals surface area contributed by atoms with Gasteiger partial charge in [-0.05, 0) is 36.3 Å². The number of carbonyl (C=O) groups is 1. The number of benzene rings is 3. The zero-order valence-corrected chi connectivity index (χ0v) is 14.9. The highest BCUT2D eigenvalue weighted by atomic mass is 16.1. The van der Waals surface area contributed by atoms with Gasteiger partial charge in [0, 0.05) is 29.0 Å². The van der Waals surface area contributed by atoms with E-state index < -0.39 is 0 Å². The first-order valence-corrected chi connectivity index (χ1v) is 9.34. The summed E-state index contributed by atoms with van der Waals surface area (Å²) in [5.41, 5.74) is 6.92. The smallest absolute Gasteiger partial charge is 0.161 e. The topological polar surface area (TPSA) is 29.1 Å². The first-order chi connectivity index (χ1) is 12.7. The number of hydrogen-bond acceptors (Lipinski definition) is 2. The predicted octanol–water partition coefficient (Wildman–Crippen LogP) is 5.71. The van der Waals surface area contributed by atoms with Gasteiger partial charge in [0.05, 0.1) is 5.69 Å². The molecule has 1 heterocycles. The van der Waals surface area contributed by atoms with Crippen LogP contribution < -0.4 is 5.32 Å². The molecule has 0 unspecified atom stereocenters. The van der Waals surface area contributed by atoms with Crippen molar-refractivity contribution in [1.29, 1.82) is 0 Å². The SMILES string of the molecule is Cc1ccc([C@@H]2C3=C(CCCC3=O)Nc3c2ccc2ccccc32)cc1. The summed E-state index contributed by atoms with van der Waals surface area (Å²) in [5, 5.41) is 6.10. The maximum atomic E-state index is 12.9. The van der Waals surface area contributed by atoms with Crippen LogP contribution in [0.15, 0.2) is 71.9 Å². The molecule has 0 bridgehead atoms. The monoisotopic (exact) mass is 339 g/mol. The molecular weight excluding hydrogens is 318 g/mol. The van der Waals surface area contributed by atoms with Crippen molar-refractivity contribution in [2.75, 3.05) is 5.32 Å². The van der Waals surface area contributed by atoms with Gasteiger partial charge in [-0.2, -0.15) is 0 Å². The van der Waals surface area contributed by atoms with Crippen molar-refractivity contribution in [3.8, 4) is 0 Å². The van der Waals surface area contributed by atoms with E-state index in [0.717, 1.165) is 24.1 Å². The van der Waals surface area contributed by atoms with E-state index in [4.69, 9.17) is 0 Å². The van der Waals surface area contributed by atoms with Gasteiger partial charge in [0.2, 0.25) is 0 Å². The minimum atomic E-state index is 0.0271. The molecule has 1 aliphatic heterocycles. The number of nitrogens with one attached hydrogen (secondary N) is 1. The fourth-order valence-electron chi connectivity index (χ4n) is 4.41. The normalized spacial score (nSPS) is 19.1. The average Bonchev–Trinajstić information content (AvgIpc) is 2.67. The van der Waals surface area contributed by atoms with Gasteiger partial charge in [0.25, 0.3) is 0 Å². The first kappa shape index (κ1) is 15.4. The minimum absolute atomic E-state index is 0.0271. The first-order valence-electron chi connectivity index (χ1n) is 9.34. The molecule has 3 aromatic rings. The van der Waals surface area contributed by atoms with Gasteiger partial charge < -0.3 is 5.32 Å². The zero-order chi connectivity index (χ0) is 17.7. The minimum Gasteiger partial charge on any atom is -0.358 e. The maximum Gasteiger partial charge on any atom is 0.161 e. The zero-order valence-electron chi connectivity index (χ0n) is 14.9. The third-order valence-electron chi connectivity index (χ3n) is 5.70. The lowest BCUT2D eigenvalue weighted by Gasteiger charge is -2.34. The Labute approximate surface area is 153 Å². The van der Waals surface area contributed by atoms with Gasteiger partial charge in [0.15, 0.2) is 5.78 Å². The molecule has 2 heteroatoms. The average molecular weight is 339 g/mol. The summed E-state index contributed by atoms with van der Waals surface area (Å²) in [7, 11) is 0. The number of ketones is 1. The van der Waals surface area contributed by atoms with Crippen molar-refractivity contribution in [1.82, 2.24) is 0 Å².